The molecule has 3 N–H and O–H groups in total. The number of amides is 1. The Labute approximate surface area is 141 Å². The number of imidazole rings is 1. The topological polar surface area (TPSA) is 100 Å². The van der Waals surface area contributed by atoms with Gasteiger partial charge in [0, 0.05) is 23.7 Å². The van der Waals surface area contributed by atoms with Crippen LogP contribution in [0.5, 0.6) is 0 Å². The maximum atomic E-state index is 12.7. The molecule has 0 spiro atoms. The number of para-hydroxylation sites is 1. The van der Waals surface area contributed by atoms with E-state index < -0.39 is 0 Å². The molecule has 0 bridgehead atoms. The first-order valence-corrected chi connectivity index (χ1v) is 7.68. The molecule has 4 rings (SSSR count). The molecule has 0 radical (unpaired) electrons. The van der Waals surface area contributed by atoms with Crippen LogP contribution in [0.4, 0.5) is 5.69 Å². The third kappa shape index (κ3) is 2.70. The van der Waals surface area contributed by atoms with E-state index in [0.29, 0.717) is 27.9 Å². The van der Waals surface area contributed by atoms with E-state index in [1.165, 1.54) is 0 Å². The Balaban J connectivity index is 1.71. The monoisotopic (exact) mass is 337 g/mol. The molecule has 2 aromatic heterocycles. The molecule has 2 aromatic carbocycles. The zero-order valence-corrected chi connectivity index (χ0v) is 13.4. The number of H-pyrrole nitrogens is 2. The third-order valence-corrected chi connectivity index (χ3v) is 3.97. The van der Waals surface area contributed by atoms with Gasteiger partial charge in [-0.2, -0.15) is 0 Å². The van der Waals surface area contributed by atoms with Crippen molar-refractivity contribution in [1.82, 2.24) is 9.97 Å². The summed E-state index contributed by atoms with van der Waals surface area (Å²) in [6.45, 7) is 0.268. The maximum absolute atomic E-state index is 12.7. The lowest BCUT2D eigenvalue weighted by atomic mass is 10.1. The predicted octanol–water partition coefficient (Wildman–Crippen LogP) is 3.00. The molecule has 0 saturated heterocycles. The van der Waals surface area contributed by atoms with Crippen molar-refractivity contribution in [2.75, 3.05) is 12.4 Å². The Hall–Kier alpha value is -3.32. The van der Waals surface area contributed by atoms with E-state index in [4.69, 9.17) is 9.15 Å². The SMILES string of the molecule is COCc1c(C(=O)Nc2ccc3[nH]c(=O)[nH]c3c2)oc2ccccc12. The quantitative estimate of drug-likeness (QED) is 0.533. The van der Waals surface area contributed by atoms with Gasteiger partial charge in [-0.1, -0.05) is 18.2 Å². The predicted molar refractivity (Wildman–Crippen MR) is 93.8 cm³/mol. The van der Waals surface area contributed by atoms with Crippen molar-refractivity contribution in [2.24, 2.45) is 0 Å². The van der Waals surface area contributed by atoms with Crippen LogP contribution in [0, 0.1) is 0 Å². The highest BCUT2D eigenvalue weighted by Gasteiger charge is 2.20. The van der Waals surface area contributed by atoms with Crippen molar-refractivity contribution in [1.29, 1.82) is 0 Å². The van der Waals surface area contributed by atoms with Crippen molar-refractivity contribution < 1.29 is 13.9 Å². The first-order chi connectivity index (χ1) is 12.2. The fourth-order valence-electron chi connectivity index (χ4n) is 2.87. The van der Waals surface area contributed by atoms with E-state index >= 15 is 0 Å². The summed E-state index contributed by atoms with van der Waals surface area (Å²) in [6.07, 6.45) is 0. The van der Waals surface area contributed by atoms with Crippen LogP contribution in [0.15, 0.2) is 51.7 Å². The van der Waals surface area contributed by atoms with Gasteiger partial charge in [0.25, 0.3) is 5.91 Å². The summed E-state index contributed by atoms with van der Waals surface area (Å²) in [5, 5.41) is 3.64. The normalized spacial score (nSPS) is 11.2. The molecule has 0 atom stereocenters. The number of hydrogen-bond acceptors (Lipinski definition) is 4. The minimum Gasteiger partial charge on any atom is -0.451 e. The van der Waals surface area contributed by atoms with Crippen molar-refractivity contribution in [3.8, 4) is 0 Å². The Morgan fingerprint density at radius 2 is 1.96 bits per heavy atom. The second-order valence-electron chi connectivity index (χ2n) is 5.63. The molecule has 0 fully saturated rings. The molecule has 25 heavy (non-hydrogen) atoms. The van der Waals surface area contributed by atoms with E-state index in [-0.39, 0.29) is 24.0 Å². The fraction of sp³-hybridized carbons (Fsp3) is 0.111. The van der Waals surface area contributed by atoms with Gasteiger partial charge in [0.2, 0.25) is 0 Å². The van der Waals surface area contributed by atoms with Crippen molar-refractivity contribution in [2.45, 2.75) is 6.61 Å². The van der Waals surface area contributed by atoms with Gasteiger partial charge in [-0.25, -0.2) is 4.79 Å². The fourth-order valence-corrected chi connectivity index (χ4v) is 2.87. The minimum atomic E-state index is -0.375. The smallest absolute Gasteiger partial charge is 0.323 e. The summed E-state index contributed by atoms with van der Waals surface area (Å²) in [5.41, 5.74) is 2.88. The molecule has 0 saturated carbocycles. The van der Waals surface area contributed by atoms with Crippen LogP contribution in [0.3, 0.4) is 0 Å². The van der Waals surface area contributed by atoms with Crippen LogP contribution in [-0.2, 0) is 11.3 Å². The van der Waals surface area contributed by atoms with E-state index in [1.807, 2.05) is 24.3 Å². The molecule has 1 amide bonds. The first kappa shape index (κ1) is 15.2. The summed E-state index contributed by atoms with van der Waals surface area (Å²) >= 11 is 0. The maximum Gasteiger partial charge on any atom is 0.323 e. The van der Waals surface area contributed by atoms with E-state index in [9.17, 15) is 9.59 Å². The number of rotatable bonds is 4. The number of anilines is 1. The molecule has 7 nitrogen and oxygen atoms in total. The van der Waals surface area contributed by atoms with Gasteiger partial charge in [-0.05, 0) is 24.3 Å². The van der Waals surface area contributed by atoms with Crippen LogP contribution >= 0.6 is 0 Å². The minimum absolute atomic E-state index is 0.214. The van der Waals surface area contributed by atoms with Gasteiger partial charge in [0.15, 0.2) is 5.76 Å². The Kier molecular flexibility index (Phi) is 3.62. The summed E-state index contributed by atoms with van der Waals surface area (Å²) in [5.74, 6) is -0.161. The van der Waals surface area contributed by atoms with Crippen LogP contribution in [0.1, 0.15) is 16.1 Å². The third-order valence-electron chi connectivity index (χ3n) is 3.97. The molecule has 0 aliphatic rings. The number of carbonyl (C=O) groups is 1. The number of fused-ring (bicyclic) bond motifs is 2. The summed E-state index contributed by atoms with van der Waals surface area (Å²) < 4.78 is 10.9. The highest BCUT2D eigenvalue weighted by Crippen LogP contribution is 2.27. The zero-order chi connectivity index (χ0) is 17.4. The van der Waals surface area contributed by atoms with Crippen molar-refractivity contribution >= 4 is 33.6 Å². The second-order valence-corrected chi connectivity index (χ2v) is 5.63. The number of aromatic amines is 2. The summed E-state index contributed by atoms with van der Waals surface area (Å²) in [7, 11) is 1.57. The Morgan fingerprint density at radius 3 is 2.80 bits per heavy atom. The Morgan fingerprint density at radius 1 is 1.16 bits per heavy atom. The highest BCUT2D eigenvalue weighted by atomic mass is 16.5. The molecule has 0 aliphatic heterocycles. The van der Waals surface area contributed by atoms with Gasteiger partial charge < -0.3 is 24.4 Å². The number of methoxy groups -OCH3 is 1. The Bertz CT molecular complexity index is 1140. The van der Waals surface area contributed by atoms with Gasteiger partial charge in [0.05, 0.1) is 17.6 Å². The van der Waals surface area contributed by atoms with E-state index in [2.05, 4.69) is 15.3 Å². The number of benzene rings is 2. The van der Waals surface area contributed by atoms with Crippen LogP contribution in [0.25, 0.3) is 22.0 Å². The lowest BCUT2D eigenvalue weighted by Crippen LogP contribution is -2.13. The lowest BCUT2D eigenvalue weighted by molar-refractivity contribution is 0.0992. The highest BCUT2D eigenvalue weighted by molar-refractivity contribution is 6.07. The van der Waals surface area contributed by atoms with Gasteiger partial charge in [-0.15, -0.1) is 0 Å². The van der Waals surface area contributed by atoms with Gasteiger partial charge in [0.1, 0.15) is 5.58 Å². The second kappa shape index (κ2) is 5.95. The van der Waals surface area contributed by atoms with Gasteiger partial charge in [-0.3, -0.25) is 4.79 Å². The molecular weight excluding hydrogens is 322 g/mol. The van der Waals surface area contributed by atoms with Crippen LogP contribution in [-0.4, -0.2) is 23.0 Å². The average Bonchev–Trinajstić information content (AvgIpc) is 3.15. The lowest BCUT2D eigenvalue weighted by Gasteiger charge is -2.05. The molecule has 0 unspecified atom stereocenters. The number of hydrogen-bond donors (Lipinski definition) is 3. The first-order valence-electron chi connectivity index (χ1n) is 7.68. The molecule has 126 valence electrons. The standard InChI is InChI=1S/C18H15N3O4/c1-24-9-12-11-4-2-3-5-15(11)25-16(12)17(22)19-10-6-7-13-14(8-10)21-18(23)20-13/h2-8H,9H2,1H3,(H,19,22)(H2,20,21,23). The van der Waals surface area contributed by atoms with E-state index in [0.717, 1.165) is 5.39 Å². The number of nitrogens with one attached hydrogen (secondary N) is 3. The number of furan rings is 1. The molecular formula is C18H15N3O4. The molecule has 2 heterocycles. The van der Waals surface area contributed by atoms with Crippen LogP contribution < -0.4 is 11.0 Å². The molecule has 0 aliphatic carbocycles. The van der Waals surface area contributed by atoms with Gasteiger partial charge >= 0.3 is 5.69 Å². The molecule has 4 aromatic rings. The van der Waals surface area contributed by atoms with Crippen molar-refractivity contribution in [3.05, 3.63) is 64.3 Å². The number of carbonyl (C=O) groups excluding carboxylic acids is 1. The summed E-state index contributed by atoms with van der Waals surface area (Å²) in [4.78, 5) is 29.3. The average molecular weight is 337 g/mol. The van der Waals surface area contributed by atoms with E-state index in [1.54, 1.807) is 25.3 Å². The summed E-state index contributed by atoms with van der Waals surface area (Å²) in [6, 6.07) is 12.5. The zero-order valence-electron chi connectivity index (χ0n) is 13.4. The van der Waals surface area contributed by atoms with Crippen LogP contribution in [0.2, 0.25) is 0 Å². The molecule has 7 heteroatoms. The number of aromatic nitrogens is 2. The van der Waals surface area contributed by atoms with Crippen molar-refractivity contribution in [3.63, 3.8) is 0 Å². The largest absolute Gasteiger partial charge is 0.451 e. The number of ether oxygens (including phenoxy) is 1.